The molecule has 0 rings (SSSR count). The molecular weight excluding hydrogens is 146 g/mol. The van der Waals surface area contributed by atoms with Crippen LogP contribution in [0.3, 0.4) is 0 Å². The molecular formula is C7H17NOS. The highest BCUT2D eigenvalue weighted by atomic mass is 32.2. The minimum Gasteiger partial charge on any atom is -0.253 e. The van der Waals surface area contributed by atoms with Crippen molar-refractivity contribution < 1.29 is 4.21 Å². The molecule has 1 atom stereocenters. The normalized spacial score (nSPS) is 17.8. The highest BCUT2D eigenvalue weighted by Crippen LogP contribution is 2.07. The summed E-state index contributed by atoms with van der Waals surface area (Å²) < 4.78 is 18.8. The van der Waals surface area contributed by atoms with E-state index in [1.807, 2.05) is 27.7 Å². The number of nitrogens with one attached hydrogen (secondary N) is 1. The Bertz CT molecular complexity index is 180. The first kappa shape index (κ1) is 9.95. The summed E-state index contributed by atoms with van der Waals surface area (Å²) in [6, 6.07) is 0. The molecule has 0 heterocycles. The highest BCUT2D eigenvalue weighted by molar-refractivity contribution is 7.92. The molecule has 0 fully saturated rings. The second kappa shape index (κ2) is 3.37. The standard InChI is InChI=1S/C7H17NOS/c1-6(2)5-10(8,9)7(3)4/h6-8H,5H2,1-4H3/t10-/m0/s1. The van der Waals surface area contributed by atoms with Gasteiger partial charge in [-0.1, -0.05) is 27.7 Å². The van der Waals surface area contributed by atoms with Crippen molar-refractivity contribution in [1.29, 1.82) is 4.78 Å². The molecule has 1 N–H and O–H groups in total. The van der Waals surface area contributed by atoms with E-state index in [4.69, 9.17) is 4.78 Å². The maximum atomic E-state index is 11.4. The maximum absolute atomic E-state index is 11.4. The van der Waals surface area contributed by atoms with Crippen molar-refractivity contribution in [2.45, 2.75) is 32.9 Å². The van der Waals surface area contributed by atoms with E-state index in [9.17, 15) is 4.21 Å². The third-order valence-electron chi connectivity index (χ3n) is 1.34. The van der Waals surface area contributed by atoms with Crippen LogP contribution in [0.1, 0.15) is 27.7 Å². The van der Waals surface area contributed by atoms with Crippen LogP contribution in [0.4, 0.5) is 0 Å². The van der Waals surface area contributed by atoms with Gasteiger partial charge in [-0.3, -0.25) is 4.78 Å². The van der Waals surface area contributed by atoms with Crippen LogP contribution in [0.25, 0.3) is 0 Å². The average molecular weight is 163 g/mol. The van der Waals surface area contributed by atoms with E-state index in [0.717, 1.165) is 0 Å². The first-order valence-corrected chi connectivity index (χ1v) is 5.40. The molecule has 0 unspecified atom stereocenters. The monoisotopic (exact) mass is 163 g/mol. The Morgan fingerprint density at radius 2 is 1.70 bits per heavy atom. The molecule has 0 aliphatic rings. The van der Waals surface area contributed by atoms with Gasteiger partial charge in [-0.2, -0.15) is 0 Å². The maximum Gasteiger partial charge on any atom is 0.0467 e. The van der Waals surface area contributed by atoms with Crippen LogP contribution in [0.15, 0.2) is 0 Å². The molecule has 2 nitrogen and oxygen atoms in total. The number of hydrogen-bond acceptors (Lipinski definition) is 2. The largest absolute Gasteiger partial charge is 0.253 e. The summed E-state index contributed by atoms with van der Waals surface area (Å²) in [6.07, 6.45) is 0. The summed E-state index contributed by atoms with van der Waals surface area (Å²) in [5.74, 6) is 0.900. The van der Waals surface area contributed by atoms with Crippen LogP contribution in [0, 0.1) is 10.7 Å². The molecule has 0 aromatic carbocycles. The van der Waals surface area contributed by atoms with Gasteiger partial charge < -0.3 is 0 Å². The fraction of sp³-hybridized carbons (Fsp3) is 1.00. The van der Waals surface area contributed by atoms with Crippen molar-refractivity contribution in [1.82, 2.24) is 0 Å². The van der Waals surface area contributed by atoms with Gasteiger partial charge in [0, 0.05) is 20.7 Å². The molecule has 0 saturated heterocycles. The van der Waals surface area contributed by atoms with Gasteiger partial charge in [0.25, 0.3) is 0 Å². The molecule has 0 bridgehead atoms. The second-order valence-corrected chi connectivity index (χ2v) is 6.06. The lowest BCUT2D eigenvalue weighted by molar-refractivity contribution is 0.648. The average Bonchev–Trinajstić information content (AvgIpc) is 1.60. The summed E-state index contributed by atoms with van der Waals surface area (Å²) in [5, 5.41) is -0.00472. The van der Waals surface area contributed by atoms with Crippen LogP contribution < -0.4 is 0 Å². The molecule has 0 amide bonds. The minimum absolute atomic E-state index is 0.00472. The highest BCUT2D eigenvalue weighted by Gasteiger charge is 2.12. The molecule has 0 aliphatic carbocycles. The fourth-order valence-corrected chi connectivity index (χ4v) is 2.06. The van der Waals surface area contributed by atoms with Crippen LogP contribution in [-0.2, 0) is 9.73 Å². The lowest BCUT2D eigenvalue weighted by Crippen LogP contribution is -2.19. The Kier molecular flexibility index (Phi) is 3.36. The Morgan fingerprint density at radius 1 is 1.30 bits per heavy atom. The van der Waals surface area contributed by atoms with Crippen molar-refractivity contribution in [2.24, 2.45) is 5.92 Å². The van der Waals surface area contributed by atoms with Gasteiger partial charge in [0.05, 0.1) is 0 Å². The van der Waals surface area contributed by atoms with Gasteiger partial charge in [-0.25, -0.2) is 4.21 Å². The summed E-state index contributed by atoms with van der Waals surface area (Å²) in [7, 11) is -2.30. The SMILES string of the molecule is CC(C)C[S@](=N)(=O)C(C)C. The Balaban J connectivity index is 4.16. The predicted octanol–water partition coefficient (Wildman–Crippen LogP) is 2.10. The van der Waals surface area contributed by atoms with E-state index in [2.05, 4.69) is 0 Å². The van der Waals surface area contributed by atoms with Crippen molar-refractivity contribution in [3.8, 4) is 0 Å². The van der Waals surface area contributed by atoms with Crippen LogP contribution in [-0.4, -0.2) is 15.2 Å². The summed E-state index contributed by atoms with van der Waals surface area (Å²) in [4.78, 5) is 0. The van der Waals surface area contributed by atoms with E-state index < -0.39 is 9.73 Å². The Morgan fingerprint density at radius 3 is 1.80 bits per heavy atom. The van der Waals surface area contributed by atoms with E-state index in [0.29, 0.717) is 11.7 Å². The van der Waals surface area contributed by atoms with Crippen molar-refractivity contribution >= 4 is 9.73 Å². The van der Waals surface area contributed by atoms with Gasteiger partial charge in [-0.15, -0.1) is 0 Å². The van der Waals surface area contributed by atoms with Crippen molar-refractivity contribution in [3.63, 3.8) is 0 Å². The zero-order chi connectivity index (χ0) is 8.36. The molecule has 3 heteroatoms. The van der Waals surface area contributed by atoms with Gasteiger partial charge in [0.1, 0.15) is 0 Å². The van der Waals surface area contributed by atoms with Gasteiger partial charge in [0.2, 0.25) is 0 Å². The molecule has 0 aromatic rings. The smallest absolute Gasteiger partial charge is 0.0467 e. The van der Waals surface area contributed by atoms with Gasteiger partial charge in [-0.05, 0) is 5.92 Å². The zero-order valence-electron chi connectivity index (χ0n) is 7.18. The van der Waals surface area contributed by atoms with Crippen molar-refractivity contribution in [2.75, 3.05) is 5.75 Å². The Hall–Kier alpha value is -0.0500. The summed E-state index contributed by atoms with van der Waals surface area (Å²) in [6.45, 7) is 7.68. The predicted molar refractivity (Wildman–Crippen MR) is 45.7 cm³/mol. The molecule has 0 saturated carbocycles. The molecule has 0 aromatic heterocycles. The summed E-state index contributed by atoms with van der Waals surface area (Å²) in [5.41, 5.74) is 0. The summed E-state index contributed by atoms with van der Waals surface area (Å²) >= 11 is 0. The number of rotatable bonds is 3. The van der Waals surface area contributed by atoms with Crippen LogP contribution in [0.5, 0.6) is 0 Å². The molecule has 0 spiro atoms. The quantitative estimate of drug-likeness (QED) is 0.680. The second-order valence-electron chi connectivity index (χ2n) is 3.34. The van der Waals surface area contributed by atoms with E-state index in [1.165, 1.54) is 0 Å². The third kappa shape index (κ3) is 3.20. The van der Waals surface area contributed by atoms with Gasteiger partial charge in [0.15, 0.2) is 0 Å². The zero-order valence-corrected chi connectivity index (χ0v) is 7.99. The number of hydrogen-bond donors (Lipinski definition) is 1. The fourth-order valence-electron chi connectivity index (χ4n) is 0.688. The molecule has 0 radical (unpaired) electrons. The van der Waals surface area contributed by atoms with E-state index >= 15 is 0 Å². The molecule has 62 valence electrons. The van der Waals surface area contributed by atoms with Crippen LogP contribution in [0.2, 0.25) is 0 Å². The lowest BCUT2D eigenvalue weighted by atomic mass is 10.3. The third-order valence-corrected chi connectivity index (χ3v) is 4.03. The topological polar surface area (TPSA) is 40.9 Å². The molecule has 0 aliphatic heterocycles. The van der Waals surface area contributed by atoms with E-state index in [-0.39, 0.29) is 5.25 Å². The minimum atomic E-state index is -2.30. The molecule has 10 heavy (non-hydrogen) atoms. The first-order chi connectivity index (χ1) is 4.36. The van der Waals surface area contributed by atoms with Crippen LogP contribution >= 0.6 is 0 Å². The lowest BCUT2D eigenvalue weighted by Gasteiger charge is -2.12. The van der Waals surface area contributed by atoms with E-state index in [1.54, 1.807) is 0 Å². The van der Waals surface area contributed by atoms with Gasteiger partial charge >= 0.3 is 0 Å². The first-order valence-electron chi connectivity index (χ1n) is 3.61. The van der Waals surface area contributed by atoms with Crippen molar-refractivity contribution in [3.05, 3.63) is 0 Å². The Labute approximate surface area is 64.0 Å².